The van der Waals surface area contributed by atoms with Gasteiger partial charge in [0.25, 0.3) is 5.56 Å². The number of H-pyrrole nitrogens is 2. The molecule has 0 radical (unpaired) electrons. The minimum Gasteiger partial charge on any atom is -0.379 e. The molecule has 8 nitrogen and oxygen atoms in total. The SMILES string of the molecule is O=c1[nH]c(NCc2ccc(CN3CCOCC3)cc2)nc2[nH]ncc12. The van der Waals surface area contributed by atoms with E-state index >= 15 is 0 Å². The first kappa shape index (κ1) is 15.8. The molecule has 0 bridgehead atoms. The molecular weight excluding hydrogens is 320 g/mol. The van der Waals surface area contributed by atoms with Crippen molar-refractivity contribution in [1.29, 1.82) is 0 Å². The molecule has 1 fully saturated rings. The molecule has 2 aromatic heterocycles. The van der Waals surface area contributed by atoms with Crippen LogP contribution >= 0.6 is 0 Å². The zero-order chi connectivity index (χ0) is 17.1. The maximum Gasteiger partial charge on any atom is 0.263 e. The Morgan fingerprint density at radius 3 is 2.72 bits per heavy atom. The average molecular weight is 340 g/mol. The van der Waals surface area contributed by atoms with Crippen molar-refractivity contribution in [3.05, 3.63) is 51.9 Å². The standard InChI is InChI=1S/C17H20N6O2/c24-16-14-10-19-22-15(14)20-17(21-16)18-9-12-1-3-13(4-2-12)11-23-5-7-25-8-6-23/h1-4,10H,5-9,11H2,(H3,18,19,20,21,22,24). The van der Waals surface area contributed by atoms with Crippen molar-refractivity contribution in [2.24, 2.45) is 0 Å². The van der Waals surface area contributed by atoms with Gasteiger partial charge >= 0.3 is 0 Å². The van der Waals surface area contributed by atoms with Gasteiger partial charge in [-0.05, 0) is 11.1 Å². The second-order valence-corrected chi connectivity index (χ2v) is 6.11. The number of morpholine rings is 1. The van der Waals surface area contributed by atoms with Gasteiger partial charge < -0.3 is 10.1 Å². The molecule has 0 unspecified atom stereocenters. The summed E-state index contributed by atoms with van der Waals surface area (Å²) >= 11 is 0. The predicted molar refractivity (Wildman–Crippen MR) is 94.4 cm³/mol. The third kappa shape index (κ3) is 3.70. The average Bonchev–Trinajstić information content (AvgIpc) is 3.11. The summed E-state index contributed by atoms with van der Waals surface area (Å²) in [5.74, 6) is 0.430. The molecule has 0 atom stereocenters. The van der Waals surface area contributed by atoms with Gasteiger partial charge in [-0.25, -0.2) is 0 Å². The van der Waals surface area contributed by atoms with E-state index in [0.29, 0.717) is 23.5 Å². The summed E-state index contributed by atoms with van der Waals surface area (Å²) in [5.41, 5.74) is 2.68. The lowest BCUT2D eigenvalue weighted by Gasteiger charge is -2.26. The van der Waals surface area contributed by atoms with Gasteiger partial charge in [0.05, 0.1) is 19.4 Å². The monoisotopic (exact) mass is 340 g/mol. The predicted octanol–water partition coefficient (Wildman–Crippen LogP) is 1.09. The Bertz CT molecular complexity index is 895. The lowest BCUT2D eigenvalue weighted by atomic mass is 10.1. The number of hydrogen-bond donors (Lipinski definition) is 3. The van der Waals surface area contributed by atoms with Gasteiger partial charge in [0.2, 0.25) is 5.95 Å². The van der Waals surface area contributed by atoms with Crippen molar-refractivity contribution >= 4 is 17.0 Å². The molecule has 1 aliphatic rings. The van der Waals surface area contributed by atoms with Crippen LogP contribution in [0.25, 0.3) is 11.0 Å². The Hall–Kier alpha value is -2.71. The summed E-state index contributed by atoms with van der Waals surface area (Å²) in [6, 6.07) is 8.46. The molecule has 8 heteroatoms. The Labute approximate surface area is 144 Å². The molecule has 1 saturated heterocycles. The van der Waals surface area contributed by atoms with E-state index in [0.717, 1.165) is 38.4 Å². The highest BCUT2D eigenvalue weighted by atomic mass is 16.5. The zero-order valence-corrected chi connectivity index (χ0v) is 13.8. The van der Waals surface area contributed by atoms with Gasteiger partial charge in [-0.2, -0.15) is 10.1 Å². The number of nitrogens with zero attached hydrogens (tertiary/aromatic N) is 3. The van der Waals surface area contributed by atoms with Gasteiger partial charge in [0, 0.05) is 26.2 Å². The summed E-state index contributed by atoms with van der Waals surface area (Å²) < 4.78 is 5.37. The Kier molecular flexibility index (Phi) is 4.45. The molecule has 130 valence electrons. The Morgan fingerprint density at radius 1 is 1.16 bits per heavy atom. The van der Waals surface area contributed by atoms with Crippen molar-refractivity contribution in [3.8, 4) is 0 Å². The minimum absolute atomic E-state index is 0.206. The molecule has 0 spiro atoms. The van der Waals surface area contributed by atoms with E-state index in [1.165, 1.54) is 11.8 Å². The number of rotatable bonds is 5. The third-order valence-corrected chi connectivity index (χ3v) is 4.31. The van der Waals surface area contributed by atoms with Gasteiger partial charge in [-0.3, -0.25) is 19.8 Å². The zero-order valence-electron chi connectivity index (χ0n) is 13.8. The van der Waals surface area contributed by atoms with Crippen LogP contribution in [0.5, 0.6) is 0 Å². The number of hydrogen-bond acceptors (Lipinski definition) is 6. The summed E-state index contributed by atoms with van der Waals surface area (Å²) in [4.78, 5) is 21.3. The maximum absolute atomic E-state index is 11.9. The van der Waals surface area contributed by atoms with E-state index < -0.39 is 0 Å². The second kappa shape index (κ2) is 7.04. The summed E-state index contributed by atoms with van der Waals surface area (Å²) in [6.07, 6.45) is 1.47. The van der Waals surface area contributed by atoms with Crippen LogP contribution in [0.15, 0.2) is 35.3 Å². The van der Waals surface area contributed by atoms with Crippen molar-refractivity contribution in [2.75, 3.05) is 31.6 Å². The molecule has 25 heavy (non-hydrogen) atoms. The molecule has 0 saturated carbocycles. The van der Waals surface area contributed by atoms with E-state index in [1.54, 1.807) is 0 Å². The molecular formula is C17H20N6O2. The molecule has 3 aromatic rings. The first-order chi connectivity index (χ1) is 12.3. The van der Waals surface area contributed by atoms with Gasteiger partial charge in [-0.15, -0.1) is 0 Å². The second-order valence-electron chi connectivity index (χ2n) is 6.11. The van der Waals surface area contributed by atoms with Crippen LogP contribution in [0.3, 0.4) is 0 Å². The van der Waals surface area contributed by atoms with E-state index in [4.69, 9.17) is 4.74 Å². The number of benzene rings is 1. The fourth-order valence-corrected chi connectivity index (χ4v) is 2.89. The first-order valence-electron chi connectivity index (χ1n) is 8.33. The lowest BCUT2D eigenvalue weighted by Crippen LogP contribution is -2.35. The smallest absolute Gasteiger partial charge is 0.263 e. The van der Waals surface area contributed by atoms with Crippen LogP contribution in [-0.4, -0.2) is 51.4 Å². The van der Waals surface area contributed by atoms with Crippen LogP contribution in [0, 0.1) is 0 Å². The van der Waals surface area contributed by atoms with Crippen molar-refractivity contribution in [1.82, 2.24) is 25.1 Å². The number of nitrogens with one attached hydrogen (secondary N) is 3. The van der Waals surface area contributed by atoms with Gasteiger partial charge in [0.1, 0.15) is 5.39 Å². The highest BCUT2D eigenvalue weighted by molar-refractivity contribution is 5.73. The molecule has 0 amide bonds. The minimum atomic E-state index is -0.206. The quantitative estimate of drug-likeness (QED) is 0.643. The van der Waals surface area contributed by atoms with Crippen LogP contribution < -0.4 is 10.9 Å². The molecule has 0 aliphatic carbocycles. The third-order valence-electron chi connectivity index (χ3n) is 4.31. The highest BCUT2D eigenvalue weighted by Crippen LogP contribution is 2.11. The van der Waals surface area contributed by atoms with Crippen molar-refractivity contribution in [2.45, 2.75) is 13.1 Å². The maximum atomic E-state index is 11.9. The fourth-order valence-electron chi connectivity index (χ4n) is 2.89. The molecule has 4 rings (SSSR count). The van der Waals surface area contributed by atoms with Crippen LogP contribution in [-0.2, 0) is 17.8 Å². The van der Waals surface area contributed by atoms with Crippen LogP contribution in [0.2, 0.25) is 0 Å². The normalized spacial score (nSPS) is 15.5. The van der Waals surface area contributed by atoms with E-state index in [2.05, 4.69) is 54.6 Å². The van der Waals surface area contributed by atoms with Crippen LogP contribution in [0.4, 0.5) is 5.95 Å². The van der Waals surface area contributed by atoms with Gasteiger partial charge in [-0.1, -0.05) is 24.3 Å². The molecule has 1 aromatic carbocycles. The highest BCUT2D eigenvalue weighted by Gasteiger charge is 2.10. The largest absolute Gasteiger partial charge is 0.379 e. The number of ether oxygens (including phenoxy) is 1. The number of anilines is 1. The topological polar surface area (TPSA) is 98.9 Å². The summed E-state index contributed by atoms with van der Waals surface area (Å²) in [6.45, 7) is 5.13. The number of aromatic amines is 2. The summed E-state index contributed by atoms with van der Waals surface area (Å²) in [7, 11) is 0. The van der Waals surface area contributed by atoms with Crippen molar-refractivity contribution in [3.63, 3.8) is 0 Å². The molecule has 3 N–H and O–H groups in total. The molecule has 3 heterocycles. The Morgan fingerprint density at radius 2 is 1.92 bits per heavy atom. The number of aromatic nitrogens is 4. The van der Waals surface area contributed by atoms with Crippen molar-refractivity contribution < 1.29 is 4.74 Å². The fraction of sp³-hybridized carbons (Fsp3) is 0.353. The lowest BCUT2D eigenvalue weighted by molar-refractivity contribution is 0.0342. The Balaban J connectivity index is 1.38. The number of fused-ring (bicyclic) bond motifs is 1. The van der Waals surface area contributed by atoms with E-state index in [9.17, 15) is 4.79 Å². The van der Waals surface area contributed by atoms with Gasteiger partial charge in [0.15, 0.2) is 5.65 Å². The van der Waals surface area contributed by atoms with E-state index in [-0.39, 0.29) is 5.56 Å². The molecule has 1 aliphatic heterocycles. The summed E-state index contributed by atoms with van der Waals surface area (Å²) in [5, 5.41) is 10.1. The van der Waals surface area contributed by atoms with Crippen LogP contribution in [0.1, 0.15) is 11.1 Å². The first-order valence-corrected chi connectivity index (χ1v) is 8.33. The van der Waals surface area contributed by atoms with E-state index in [1.807, 2.05) is 0 Å².